The molecule has 1 amide bonds. The average Bonchev–Trinajstić information content (AvgIpc) is 3.01. The van der Waals surface area contributed by atoms with Gasteiger partial charge in [-0.1, -0.05) is 18.9 Å². The number of anilines is 1. The number of nitrogen functional groups attached to an aromatic ring is 1. The lowest BCUT2D eigenvalue weighted by Gasteiger charge is -2.27. The van der Waals surface area contributed by atoms with Gasteiger partial charge in [0.2, 0.25) is 5.91 Å². The van der Waals surface area contributed by atoms with Gasteiger partial charge >= 0.3 is 0 Å². The summed E-state index contributed by atoms with van der Waals surface area (Å²) in [5, 5.41) is 2.59. The zero-order valence-corrected chi connectivity index (χ0v) is 14.1. The van der Waals surface area contributed by atoms with Gasteiger partial charge in [-0.15, -0.1) is 0 Å². The van der Waals surface area contributed by atoms with E-state index in [1.165, 1.54) is 0 Å². The fraction of sp³-hybridized carbons (Fsp3) is 0.588. The van der Waals surface area contributed by atoms with Crippen molar-refractivity contribution in [2.75, 3.05) is 11.5 Å². The molecule has 0 saturated heterocycles. The van der Waals surface area contributed by atoms with E-state index in [4.69, 9.17) is 5.73 Å². The first-order valence-electron chi connectivity index (χ1n) is 8.35. The number of carbonyl (C=O) groups excluding carboxylic acids is 1. The van der Waals surface area contributed by atoms with Crippen molar-refractivity contribution in [3.8, 4) is 0 Å². The molecule has 0 aliphatic heterocycles. The van der Waals surface area contributed by atoms with Crippen LogP contribution < -0.4 is 11.1 Å². The second kappa shape index (κ2) is 6.51. The molecule has 0 radical (unpaired) electrons. The molecule has 3 N–H and O–H groups in total. The molecule has 1 aromatic rings. The van der Waals surface area contributed by atoms with Crippen molar-refractivity contribution in [1.29, 1.82) is 0 Å². The minimum Gasteiger partial charge on any atom is -0.399 e. The van der Waals surface area contributed by atoms with Gasteiger partial charge in [-0.2, -0.15) is 0 Å². The molecule has 1 fully saturated rings. The molecule has 1 aromatic carbocycles. The van der Waals surface area contributed by atoms with E-state index in [1.807, 2.05) is 18.2 Å². The van der Waals surface area contributed by atoms with Crippen molar-refractivity contribution in [3.05, 3.63) is 29.3 Å². The summed E-state index contributed by atoms with van der Waals surface area (Å²) in [6.45, 7) is 0. The van der Waals surface area contributed by atoms with Crippen LogP contribution in [0.25, 0.3) is 0 Å². The van der Waals surface area contributed by atoms with E-state index in [0.717, 1.165) is 48.9 Å². The molecule has 6 heteroatoms. The molecule has 126 valence electrons. The summed E-state index contributed by atoms with van der Waals surface area (Å²) in [5.41, 5.74) is 8.76. The zero-order valence-electron chi connectivity index (χ0n) is 13.3. The highest BCUT2D eigenvalue weighted by Gasteiger charge is 2.31. The first-order valence-corrected chi connectivity index (χ1v) is 10.1. The Balaban J connectivity index is 1.67. The summed E-state index contributed by atoms with van der Waals surface area (Å²) < 4.78 is 24.6. The van der Waals surface area contributed by atoms with Crippen LogP contribution in [0.15, 0.2) is 18.2 Å². The van der Waals surface area contributed by atoms with Gasteiger partial charge in [0.15, 0.2) is 9.84 Å². The van der Waals surface area contributed by atoms with Gasteiger partial charge in [0.1, 0.15) is 5.75 Å². The van der Waals surface area contributed by atoms with Gasteiger partial charge in [-0.3, -0.25) is 4.79 Å². The van der Waals surface area contributed by atoms with Crippen molar-refractivity contribution in [2.24, 2.45) is 0 Å². The van der Waals surface area contributed by atoms with Crippen LogP contribution >= 0.6 is 0 Å². The fourth-order valence-corrected chi connectivity index (χ4v) is 5.50. The number of aryl methyl sites for hydroxylation is 1. The van der Waals surface area contributed by atoms with E-state index in [9.17, 15) is 13.2 Å². The second-order valence-corrected chi connectivity index (χ2v) is 8.97. The predicted octanol–water partition coefficient (Wildman–Crippen LogP) is 2.12. The molecule has 0 bridgehead atoms. The Hall–Kier alpha value is -1.56. The van der Waals surface area contributed by atoms with Gasteiger partial charge in [0.05, 0.1) is 11.3 Å². The summed E-state index contributed by atoms with van der Waals surface area (Å²) in [6.07, 6.45) is 6.05. The van der Waals surface area contributed by atoms with E-state index < -0.39 is 15.6 Å². The van der Waals surface area contributed by atoms with Crippen LogP contribution in [-0.4, -0.2) is 25.3 Å². The Bertz CT molecular complexity index is 694. The largest absolute Gasteiger partial charge is 0.399 e. The van der Waals surface area contributed by atoms with E-state index in [2.05, 4.69) is 5.32 Å². The van der Waals surface area contributed by atoms with Crippen molar-refractivity contribution in [3.63, 3.8) is 0 Å². The number of hydrogen-bond acceptors (Lipinski definition) is 4. The molecule has 1 unspecified atom stereocenters. The third kappa shape index (κ3) is 3.68. The minimum absolute atomic E-state index is 0.106. The summed E-state index contributed by atoms with van der Waals surface area (Å²) in [4.78, 5) is 12.2. The quantitative estimate of drug-likeness (QED) is 0.824. The zero-order chi connectivity index (χ0) is 16.4. The molecule has 0 spiro atoms. The van der Waals surface area contributed by atoms with Crippen LogP contribution in [-0.2, 0) is 21.1 Å². The van der Waals surface area contributed by atoms with Crippen LogP contribution in [0.5, 0.6) is 0 Å². The number of nitrogens with two attached hydrogens (primary N) is 1. The first-order chi connectivity index (χ1) is 11.0. The van der Waals surface area contributed by atoms with Gasteiger partial charge in [0, 0.05) is 5.69 Å². The summed E-state index contributed by atoms with van der Waals surface area (Å²) in [7, 11) is -3.33. The summed E-state index contributed by atoms with van der Waals surface area (Å²) >= 11 is 0. The van der Waals surface area contributed by atoms with Crippen molar-refractivity contribution >= 4 is 21.4 Å². The highest BCUT2D eigenvalue weighted by Crippen LogP contribution is 2.31. The second-order valence-electron chi connectivity index (χ2n) is 6.68. The summed E-state index contributed by atoms with van der Waals surface area (Å²) in [6, 6.07) is 5.62. The molecule has 1 atom stereocenters. The molecule has 0 aromatic heterocycles. The molecular formula is C17H24N2O3S. The standard InChI is InChI=1S/C17H24N2O3S/c18-13-8-9-15-12(10-13)4-3-7-16(15)19-17(20)11-23(21,22)14-5-1-2-6-14/h8-10,14,16H,1-7,11,18H2,(H,19,20). The van der Waals surface area contributed by atoms with Crippen LogP contribution in [0.4, 0.5) is 5.69 Å². The molecule has 5 nitrogen and oxygen atoms in total. The highest BCUT2D eigenvalue weighted by molar-refractivity contribution is 7.92. The van der Waals surface area contributed by atoms with Crippen LogP contribution in [0.3, 0.4) is 0 Å². The smallest absolute Gasteiger partial charge is 0.235 e. The van der Waals surface area contributed by atoms with E-state index >= 15 is 0 Å². The van der Waals surface area contributed by atoms with Crippen LogP contribution in [0, 0.1) is 0 Å². The van der Waals surface area contributed by atoms with Gasteiger partial charge < -0.3 is 11.1 Å². The van der Waals surface area contributed by atoms with Crippen molar-refractivity contribution < 1.29 is 13.2 Å². The number of fused-ring (bicyclic) bond motifs is 1. The third-order valence-electron chi connectivity index (χ3n) is 4.96. The monoisotopic (exact) mass is 336 g/mol. The Labute approximate surface area is 137 Å². The minimum atomic E-state index is -3.33. The number of nitrogens with one attached hydrogen (secondary N) is 1. The third-order valence-corrected chi connectivity index (χ3v) is 7.11. The van der Waals surface area contributed by atoms with E-state index in [1.54, 1.807) is 0 Å². The van der Waals surface area contributed by atoms with Crippen LogP contribution in [0.1, 0.15) is 55.7 Å². The number of carbonyl (C=O) groups is 1. The predicted molar refractivity (Wildman–Crippen MR) is 90.7 cm³/mol. The van der Waals surface area contributed by atoms with Gasteiger partial charge in [-0.05, 0) is 55.4 Å². The molecule has 2 aliphatic carbocycles. The molecular weight excluding hydrogens is 312 g/mol. The molecule has 3 rings (SSSR count). The maximum atomic E-state index is 12.3. The fourth-order valence-electron chi connectivity index (χ4n) is 3.77. The molecule has 1 saturated carbocycles. The number of amides is 1. The Morgan fingerprint density at radius 3 is 2.65 bits per heavy atom. The maximum absolute atomic E-state index is 12.3. The topological polar surface area (TPSA) is 89.3 Å². The lowest BCUT2D eigenvalue weighted by atomic mass is 9.87. The molecule has 0 heterocycles. The first kappa shape index (κ1) is 16.3. The molecule has 2 aliphatic rings. The highest BCUT2D eigenvalue weighted by atomic mass is 32.2. The number of rotatable bonds is 4. The van der Waals surface area contributed by atoms with Gasteiger partial charge in [-0.25, -0.2) is 8.42 Å². The number of hydrogen-bond donors (Lipinski definition) is 2. The van der Waals surface area contributed by atoms with Crippen molar-refractivity contribution in [2.45, 2.75) is 56.2 Å². The Morgan fingerprint density at radius 1 is 1.17 bits per heavy atom. The number of benzene rings is 1. The van der Waals surface area contributed by atoms with E-state index in [-0.39, 0.29) is 17.2 Å². The lowest BCUT2D eigenvalue weighted by Crippen LogP contribution is -2.37. The number of sulfone groups is 1. The summed E-state index contributed by atoms with van der Waals surface area (Å²) in [5.74, 6) is -0.773. The Morgan fingerprint density at radius 2 is 1.91 bits per heavy atom. The maximum Gasteiger partial charge on any atom is 0.235 e. The van der Waals surface area contributed by atoms with Crippen molar-refractivity contribution in [1.82, 2.24) is 5.32 Å². The average molecular weight is 336 g/mol. The molecule has 23 heavy (non-hydrogen) atoms. The van der Waals surface area contributed by atoms with Crippen LogP contribution in [0.2, 0.25) is 0 Å². The van der Waals surface area contributed by atoms with E-state index in [0.29, 0.717) is 12.8 Å². The van der Waals surface area contributed by atoms with Gasteiger partial charge in [0.25, 0.3) is 0 Å². The lowest BCUT2D eigenvalue weighted by molar-refractivity contribution is -0.119. The normalized spacial score (nSPS) is 21.8. The Kier molecular flexibility index (Phi) is 4.62. The SMILES string of the molecule is Nc1ccc2c(c1)CCCC2NC(=O)CS(=O)(=O)C1CCCC1.